The average Bonchev–Trinajstić information content (AvgIpc) is 3.13. The Kier molecular flexibility index (Phi) is 5.43. The summed E-state index contributed by atoms with van der Waals surface area (Å²) in [4.78, 5) is 26.7. The SMILES string of the molecule is Cc1cc(NC(=O)N2CCn3nc(-c4cccc(F)c4)c(C(N)=O)c3C2)ccc1CN. The van der Waals surface area contributed by atoms with E-state index in [4.69, 9.17) is 11.5 Å². The van der Waals surface area contributed by atoms with Gasteiger partial charge in [0.15, 0.2) is 0 Å². The van der Waals surface area contributed by atoms with Crippen molar-refractivity contribution in [2.75, 3.05) is 11.9 Å². The number of urea groups is 1. The summed E-state index contributed by atoms with van der Waals surface area (Å²) in [6.07, 6.45) is 0. The first-order valence-electron chi connectivity index (χ1n) is 9.88. The molecule has 9 heteroatoms. The molecular formula is C22H23FN6O2. The Hall–Kier alpha value is -3.72. The Morgan fingerprint density at radius 1 is 1.19 bits per heavy atom. The van der Waals surface area contributed by atoms with Gasteiger partial charge in [-0.2, -0.15) is 5.10 Å². The zero-order valence-electron chi connectivity index (χ0n) is 17.1. The number of carbonyl (C=O) groups is 2. The van der Waals surface area contributed by atoms with Gasteiger partial charge in [0.05, 0.1) is 24.3 Å². The van der Waals surface area contributed by atoms with E-state index in [1.165, 1.54) is 12.1 Å². The first-order chi connectivity index (χ1) is 14.9. The van der Waals surface area contributed by atoms with Crippen molar-refractivity contribution in [2.45, 2.75) is 26.6 Å². The lowest BCUT2D eigenvalue weighted by Crippen LogP contribution is -2.41. The van der Waals surface area contributed by atoms with E-state index in [0.29, 0.717) is 42.3 Å². The maximum absolute atomic E-state index is 13.7. The molecular weight excluding hydrogens is 399 g/mol. The molecule has 8 nitrogen and oxygen atoms in total. The fourth-order valence-corrected chi connectivity index (χ4v) is 3.79. The van der Waals surface area contributed by atoms with Gasteiger partial charge in [-0.1, -0.05) is 18.2 Å². The predicted octanol–water partition coefficient (Wildman–Crippen LogP) is 2.60. The molecule has 0 bridgehead atoms. The number of anilines is 1. The summed E-state index contributed by atoms with van der Waals surface area (Å²) in [5.74, 6) is -1.10. The number of benzene rings is 2. The van der Waals surface area contributed by atoms with E-state index >= 15 is 0 Å². The smallest absolute Gasteiger partial charge is 0.322 e. The first kappa shape index (κ1) is 20.5. The normalized spacial score (nSPS) is 13.1. The number of halogens is 1. The molecule has 160 valence electrons. The fraction of sp³-hybridized carbons (Fsp3) is 0.227. The number of rotatable bonds is 4. The Bertz CT molecular complexity index is 1170. The van der Waals surface area contributed by atoms with E-state index in [9.17, 15) is 14.0 Å². The van der Waals surface area contributed by atoms with Crippen molar-refractivity contribution in [1.29, 1.82) is 0 Å². The number of carbonyl (C=O) groups excluding carboxylic acids is 2. The van der Waals surface area contributed by atoms with Gasteiger partial charge in [-0.15, -0.1) is 0 Å². The first-order valence-corrected chi connectivity index (χ1v) is 9.88. The Morgan fingerprint density at radius 2 is 2.00 bits per heavy atom. The van der Waals surface area contributed by atoms with Gasteiger partial charge in [0, 0.05) is 24.3 Å². The van der Waals surface area contributed by atoms with Crippen LogP contribution in [0.25, 0.3) is 11.3 Å². The lowest BCUT2D eigenvalue weighted by atomic mass is 10.0. The van der Waals surface area contributed by atoms with Crippen LogP contribution in [0, 0.1) is 12.7 Å². The van der Waals surface area contributed by atoms with Crippen molar-refractivity contribution in [3.05, 3.63) is 70.7 Å². The number of aryl methyl sites for hydroxylation is 1. The van der Waals surface area contributed by atoms with Crippen molar-refractivity contribution in [3.63, 3.8) is 0 Å². The molecule has 1 aromatic heterocycles. The fourth-order valence-electron chi connectivity index (χ4n) is 3.79. The van der Waals surface area contributed by atoms with Gasteiger partial charge in [0.1, 0.15) is 11.5 Å². The van der Waals surface area contributed by atoms with Crippen LogP contribution >= 0.6 is 0 Å². The van der Waals surface area contributed by atoms with Crippen molar-refractivity contribution in [2.24, 2.45) is 11.5 Å². The monoisotopic (exact) mass is 422 g/mol. The lowest BCUT2D eigenvalue weighted by molar-refractivity contribution is 0.0997. The molecule has 2 heterocycles. The molecule has 3 aromatic rings. The Balaban J connectivity index is 1.60. The van der Waals surface area contributed by atoms with Gasteiger partial charge in [-0.05, 0) is 42.3 Å². The van der Waals surface area contributed by atoms with Crippen molar-refractivity contribution in [3.8, 4) is 11.3 Å². The van der Waals surface area contributed by atoms with Crippen LogP contribution < -0.4 is 16.8 Å². The number of primary amides is 1. The van der Waals surface area contributed by atoms with Crippen LogP contribution in [0.4, 0.5) is 14.9 Å². The summed E-state index contributed by atoms with van der Waals surface area (Å²) in [6.45, 7) is 3.32. The zero-order valence-corrected chi connectivity index (χ0v) is 17.1. The van der Waals surface area contributed by atoms with E-state index in [2.05, 4.69) is 10.4 Å². The largest absolute Gasteiger partial charge is 0.365 e. The molecule has 0 radical (unpaired) electrons. The number of fused-ring (bicyclic) bond motifs is 1. The number of nitrogens with two attached hydrogens (primary N) is 2. The number of amides is 3. The van der Waals surface area contributed by atoms with Crippen LogP contribution in [0.3, 0.4) is 0 Å². The Morgan fingerprint density at radius 3 is 2.68 bits per heavy atom. The third-order valence-corrected chi connectivity index (χ3v) is 5.43. The molecule has 0 saturated heterocycles. The van der Waals surface area contributed by atoms with Crippen molar-refractivity contribution >= 4 is 17.6 Å². The minimum atomic E-state index is -0.671. The molecule has 0 aliphatic carbocycles. The van der Waals surface area contributed by atoms with Gasteiger partial charge >= 0.3 is 6.03 Å². The quantitative estimate of drug-likeness (QED) is 0.599. The lowest BCUT2D eigenvalue weighted by Gasteiger charge is -2.28. The second-order valence-electron chi connectivity index (χ2n) is 7.47. The molecule has 31 heavy (non-hydrogen) atoms. The van der Waals surface area contributed by atoms with E-state index in [0.717, 1.165) is 11.1 Å². The summed E-state index contributed by atoms with van der Waals surface area (Å²) in [5.41, 5.74) is 15.5. The highest BCUT2D eigenvalue weighted by atomic mass is 19.1. The summed E-state index contributed by atoms with van der Waals surface area (Å²) in [7, 11) is 0. The molecule has 0 spiro atoms. The number of hydrogen-bond donors (Lipinski definition) is 3. The molecule has 3 amide bonds. The van der Waals surface area contributed by atoms with Crippen molar-refractivity contribution in [1.82, 2.24) is 14.7 Å². The molecule has 5 N–H and O–H groups in total. The molecule has 0 unspecified atom stereocenters. The van der Waals surface area contributed by atoms with Crippen molar-refractivity contribution < 1.29 is 14.0 Å². The van der Waals surface area contributed by atoms with Gasteiger partial charge in [0.2, 0.25) is 0 Å². The summed E-state index contributed by atoms with van der Waals surface area (Å²) in [6, 6.07) is 11.1. The van der Waals surface area contributed by atoms with Gasteiger partial charge in [-0.25, -0.2) is 9.18 Å². The van der Waals surface area contributed by atoms with Crippen LogP contribution in [0.2, 0.25) is 0 Å². The minimum Gasteiger partial charge on any atom is -0.365 e. The molecule has 0 fully saturated rings. The maximum Gasteiger partial charge on any atom is 0.322 e. The van der Waals surface area contributed by atoms with Gasteiger partial charge in [-0.3, -0.25) is 9.48 Å². The summed E-state index contributed by atoms with van der Waals surface area (Å²) >= 11 is 0. The third-order valence-electron chi connectivity index (χ3n) is 5.43. The molecule has 2 aromatic carbocycles. The number of nitrogens with one attached hydrogen (secondary N) is 1. The molecule has 0 saturated carbocycles. The van der Waals surface area contributed by atoms with Crippen LogP contribution in [0.15, 0.2) is 42.5 Å². The van der Waals surface area contributed by atoms with E-state index in [-0.39, 0.29) is 18.1 Å². The number of aromatic nitrogens is 2. The van der Waals surface area contributed by atoms with E-state index in [1.807, 2.05) is 19.1 Å². The standard InChI is InChI=1S/C22H23FN6O2/c1-13-9-17(6-5-15(13)11-24)26-22(31)28-7-8-29-18(12-28)19(21(25)30)20(27-29)14-3-2-4-16(23)10-14/h2-6,9-10H,7-8,11-12,24H2,1H3,(H2,25,30)(H,26,31). The van der Waals surface area contributed by atoms with Crippen LogP contribution in [0.5, 0.6) is 0 Å². The molecule has 4 rings (SSSR count). The highest BCUT2D eigenvalue weighted by Crippen LogP contribution is 2.29. The molecule has 1 aliphatic rings. The molecule has 0 atom stereocenters. The highest BCUT2D eigenvalue weighted by Gasteiger charge is 2.29. The number of nitrogens with zero attached hydrogens (tertiary/aromatic N) is 3. The topological polar surface area (TPSA) is 119 Å². The predicted molar refractivity (Wildman–Crippen MR) is 115 cm³/mol. The second kappa shape index (κ2) is 8.19. The van der Waals surface area contributed by atoms with Crippen LogP contribution in [0.1, 0.15) is 27.2 Å². The third kappa shape index (κ3) is 3.99. The summed E-state index contributed by atoms with van der Waals surface area (Å²) in [5, 5.41) is 7.35. The minimum absolute atomic E-state index is 0.159. The zero-order chi connectivity index (χ0) is 22.1. The highest BCUT2D eigenvalue weighted by molar-refractivity contribution is 6.00. The van der Waals surface area contributed by atoms with Crippen LogP contribution in [-0.2, 0) is 19.6 Å². The van der Waals surface area contributed by atoms with E-state index in [1.54, 1.807) is 27.8 Å². The van der Waals surface area contributed by atoms with Crippen LogP contribution in [-0.4, -0.2) is 33.2 Å². The number of hydrogen-bond acceptors (Lipinski definition) is 4. The maximum atomic E-state index is 13.7. The van der Waals surface area contributed by atoms with Gasteiger partial charge < -0.3 is 21.7 Å². The Labute approximate surface area is 178 Å². The summed E-state index contributed by atoms with van der Waals surface area (Å²) < 4.78 is 15.4. The molecule has 1 aliphatic heterocycles. The van der Waals surface area contributed by atoms with E-state index < -0.39 is 11.7 Å². The average molecular weight is 422 g/mol. The second-order valence-corrected chi connectivity index (χ2v) is 7.47. The van der Waals surface area contributed by atoms with Gasteiger partial charge in [0.25, 0.3) is 5.91 Å².